The minimum absolute atomic E-state index is 0.0654. The summed E-state index contributed by atoms with van der Waals surface area (Å²) in [6.45, 7) is 4.48. The van der Waals surface area contributed by atoms with Gasteiger partial charge >= 0.3 is 12.0 Å². The third-order valence-electron chi connectivity index (χ3n) is 7.03. The zero-order valence-corrected chi connectivity index (χ0v) is 23.6. The van der Waals surface area contributed by atoms with Crippen LogP contribution in [0.2, 0.25) is 0 Å². The van der Waals surface area contributed by atoms with Crippen LogP contribution in [0.5, 0.6) is 0 Å². The van der Waals surface area contributed by atoms with Crippen molar-refractivity contribution in [1.29, 1.82) is 0 Å². The Morgan fingerprint density at radius 3 is 2.63 bits per heavy atom. The molecule has 2 aliphatic rings. The normalized spacial score (nSPS) is 22.8. The number of carbonyl (C=O) groups excluding carboxylic acids is 2. The summed E-state index contributed by atoms with van der Waals surface area (Å²) in [5.74, 6) is -0.192. The van der Waals surface area contributed by atoms with Crippen LogP contribution < -0.4 is 10.6 Å². The van der Waals surface area contributed by atoms with Gasteiger partial charge in [0.15, 0.2) is 29.5 Å². The van der Waals surface area contributed by atoms with Gasteiger partial charge in [-0.15, -0.1) is 0 Å². The molecule has 0 spiro atoms. The van der Waals surface area contributed by atoms with Crippen molar-refractivity contribution in [1.82, 2.24) is 29.8 Å². The van der Waals surface area contributed by atoms with Crippen LogP contribution in [-0.2, 0) is 30.3 Å². The van der Waals surface area contributed by atoms with Gasteiger partial charge in [0.1, 0.15) is 24.6 Å². The Hall–Kier alpha value is -4.50. The van der Waals surface area contributed by atoms with Crippen LogP contribution in [0, 0.1) is 0 Å². The number of amides is 2. The first-order chi connectivity index (χ1) is 21.1. The van der Waals surface area contributed by atoms with Gasteiger partial charge in [0.2, 0.25) is 0 Å². The van der Waals surface area contributed by atoms with E-state index in [2.05, 4.69) is 30.6 Å². The first kappa shape index (κ1) is 28.6. The van der Waals surface area contributed by atoms with E-state index in [1.807, 2.05) is 37.3 Å². The fourth-order valence-electron chi connectivity index (χ4n) is 5.12. The molecule has 5 heterocycles. The van der Waals surface area contributed by atoms with Gasteiger partial charge in [0.25, 0.3) is 0 Å². The van der Waals surface area contributed by atoms with Crippen molar-refractivity contribution >= 4 is 29.0 Å². The standard InChI is InChI=1S/C29H31N7O7/c1-3-30-29(38)35-24-21-25(33-15-32-24)36(16-34-21)26-23-22(42-28(43-23)17-9-6-5-7-10-17)20(41-26)14-39-13-19-18(11-8-12-31-19)27(37)40-4-2/h5-12,15-16,20,22-23,26,28H,3-4,13-14H2,1-2H3,(H2,30,32,33,35,38)/t20?,22?,23?,26?,28-/m1/s1. The van der Waals surface area contributed by atoms with Crippen LogP contribution in [0.3, 0.4) is 0 Å². The molecule has 3 aromatic heterocycles. The van der Waals surface area contributed by atoms with Crippen molar-refractivity contribution < 1.29 is 33.3 Å². The Bertz CT molecular complexity index is 1580. The van der Waals surface area contributed by atoms with Crippen molar-refractivity contribution in [2.75, 3.05) is 25.1 Å². The number of urea groups is 1. The highest BCUT2D eigenvalue weighted by Gasteiger charge is 2.54. The van der Waals surface area contributed by atoms with Gasteiger partial charge in [0, 0.05) is 18.3 Å². The van der Waals surface area contributed by atoms with Crippen LogP contribution in [0.25, 0.3) is 11.2 Å². The zero-order chi connectivity index (χ0) is 29.8. The first-order valence-electron chi connectivity index (χ1n) is 14.0. The molecule has 14 nitrogen and oxygen atoms in total. The van der Waals surface area contributed by atoms with Crippen LogP contribution in [0.4, 0.5) is 10.6 Å². The molecule has 2 saturated heterocycles. The summed E-state index contributed by atoms with van der Waals surface area (Å²) in [4.78, 5) is 41.9. The lowest BCUT2D eigenvalue weighted by Gasteiger charge is -2.21. The number of aromatic nitrogens is 5. The van der Waals surface area contributed by atoms with Crippen LogP contribution in [0.1, 0.15) is 48.0 Å². The van der Waals surface area contributed by atoms with Crippen LogP contribution >= 0.6 is 0 Å². The largest absolute Gasteiger partial charge is 0.462 e. The number of benzene rings is 1. The number of hydrogen-bond acceptors (Lipinski definition) is 11. The summed E-state index contributed by atoms with van der Waals surface area (Å²) in [5.41, 5.74) is 2.52. The van der Waals surface area contributed by atoms with Crippen molar-refractivity contribution in [3.63, 3.8) is 0 Å². The lowest BCUT2D eigenvalue weighted by atomic mass is 10.1. The predicted molar refractivity (Wildman–Crippen MR) is 151 cm³/mol. The van der Waals surface area contributed by atoms with Gasteiger partial charge in [-0.2, -0.15) is 0 Å². The van der Waals surface area contributed by atoms with Gasteiger partial charge < -0.3 is 29.0 Å². The molecule has 1 aromatic carbocycles. The molecule has 0 radical (unpaired) electrons. The molecule has 4 unspecified atom stereocenters. The highest BCUT2D eigenvalue weighted by Crippen LogP contribution is 2.45. The molecule has 14 heteroatoms. The molecule has 5 atom stereocenters. The second-order valence-electron chi connectivity index (χ2n) is 9.77. The Kier molecular flexibility index (Phi) is 8.51. The average molecular weight is 590 g/mol. The quantitative estimate of drug-likeness (QED) is 0.262. The number of nitrogens with zero attached hydrogens (tertiary/aromatic N) is 5. The van der Waals surface area contributed by atoms with E-state index in [0.717, 1.165) is 5.56 Å². The van der Waals surface area contributed by atoms with E-state index in [9.17, 15) is 9.59 Å². The van der Waals surface area contributed by atoms with E-state index in [0.29, 0.717) is 29.0 Å². The number of ether oxygens (including phenoxy) is 5. The fourth-order valence-corrected chi connectivity index (χ4v) is 5.12. The van der Waals surface area contributed by atoms with E-state index in [1.54, 1.807) is 36.1 Å². The molecule has 2 amide bonds. The fraction of sp³-hybridized carbons (Fsp3) is 0.379. The maximum atomic E-state index is 12.4. The Balaban J connectivity index is 1.24. The second kappa shape index (κ2) is 12.8. The summed E-state index contributed by atoms with van der Waals surface area (Å²) in [6.07, 6.45) is 1.68. The van der Waals surface area contributed by atoms with Crippen molar-refractivity contribution in [2.45, 2.75) is 51.3 Å². The summed E-state index contributed by atoms with van der Waals surface area (Å²) in [6, 6.07) is 12.6. The van der Waals surface area contributed by atoms with Crippen molar-refractivity contribution in [2.24, 2.45) is 0 Å². The SMILES string of the molecule is CCNC(=O)Nc1ncnc2c1ncn2C1OC(COCc2ncccc2C(=O)OCC)C2O[C@@H](c3ccccc3)OC21. The monoisotopic (exact) mass is 589 g/mol. The van der Waals surface area contributed by atoms with Gasteiger partial charge in [0.05, 0.1) is 37.4 Å². The van der Waals surface area contributed by atoms with E-state index >= 15 is 0 Å². The summed E-state index contributed by atoms with van der Waals surface area (Å²) in [5, 5.41) is 5.38. The number of nitrogens with one attached hydrogen (secondary N) is 2. The molecule has 2 N–H and O–H groups in total. The molecule has 0 bridgehead atoms. The van der Waals surface area contributed by atoms with Crippen molar-refractivity contribution in [3.05, 3.63) is 78.1 Å². The number of anilines is 1. The maximum absolute atomic E-state index is 12.4. The predicted octanol–water partition coefficient (Wildman–Crippen LogP) is 3.14. The number of carbonyl (C=O) groups is 2. The number of rotatable bonds is 10. The highest BCUT2D eigenvalue weighted by atomic mass is 16.8. The molecule has 2 fully saturated rings. The molecule has 224 valence electrons. The summed E-state index contributed by atoms with van der Waals surface area (Å²) >= 11 is 0. The Labute approximate surface area is 246 Å². The van der Waals surface area contributed by atoms with Gasteiger partial charge in [-0.3, -0.25) is 14.9 Å². The van der Waals surface area contributed by atoms with Gasteiger partial charge in [-0.05, 0) is 26.0 Å². The van der Waals surface area contributed by atoms with Crippen LogP contribution in [0.15, 0.2) is 61.3 Å². The number of hydrogen-bond donors (Lipinski definition) is 2. The molecule has 4 aromatic rings. The van der Waals surface area contributed by atoms with Gasteiger partial charge in [-0.1, -0.05) is 30.3 Å². The maximum Gasteiger partial charge on any atom is 0.340 e. The second-order valence-corrected chi connectivity index (χ2v) is 9.77. The highest BCUT2D eigenvalue weighted by molar-refractivity contribution is 5.95. The topological polar surface area (TPSA) is 161 Å². The molecule has 0 aliphatic carbocycles. The van der Waals surface area contributed by atoms with E-state index in [4.69, 9.17) is 23.7 Å². The number of fused-ring (bicyclic) bond motifs is 2. The first-order valence-corrected chi connectivity index (χ1v) is 14.0. The third-order valence-corrected chi connectivity index (χ3v) is 7.03. The number of imidazole rings is 1. The number of pyridine rings is 1. The zero-order valence-electron chi connectivity index (χ0n) is 23.6. The molecular formula is C29H31N7O7. The summed E-state index contributed by atoms with van der Waals surface area (Å²) in [7, 11) is 0. The van der Waals surface area contributed by atoms with E-state index in [-0.39, 0.29) is 25.6 Å². The lowest BCUT2D eigenvalue weighted by molar-refractivity contribution is -0.158. The number of esters is 1. The van der Waals surface area contributed by atoms with E-state index in [1.165, 1.54) is 6.33 Å². The smallest absolute Gasteiger partial charge is 0.340 e. The van der Waals surface area contributed by atoms with E-state index < -0.39 is 42.8 Å². The minimum Gasteiger partial charge on any atom is -0.462 e. The molecule has 43 heavy (non-hydrogen) atoms. The molecule has 2 aliphatic heterocycles. The summed E-state index contributed by atoms with van der Waals surface area (Å²) < 4.78 is 32.2. The molecule has 0 saturated carbocycles. The minimum atomic E-state index is -0.672. The Morgan fingerprint density at radius 2 is 1.81 bits per heavy atom. The van der Waals surface area contributed by atoms with Crippen molar-refractivity contribution in [3.8, 4) is 0 Å². The third kappa shape index (κ3) is 5.90. The Morgan fingerprint density at radius 1 is 0.977 bits per heavy atom. The average Bonchev–Trinajstić information content (AvgIpc) is 3.73. The van der Waals surface area contributed by atoms with Gasteiger partial charge in [-0.25, -0.2) is 24.5 Å². The molecule has 6 rings (SSSR count). The molecular weight excluding hydrogens is 558 g/mol. The lowest BCUT2D eigenvalue weighted by Crippen LogP contribution is -2.31. The van der Waals surface area contributed by atoms with Crippen LogP contribution in [-0.4, -0.2) is 74.6 Å².